The Balaban J connectivity index is 2.71. The summed E-state index contributed by atoms with van der Waals surface area (Å²) in [5.74, 6) is 0. The first kappa shape index (κ1) is 9.89. The highest BCUT2D eigenvalue weighted by atomic mass is 79.9. The molecule has 0 aliphatic rings. The van der Waals surface area contributed by atoms with Crippen LogP contribution in [0, 0.1) is 0 Å². The molecular formula is C8H9BrN4. The average Bonchev–Trinajstić information content (AvgIpc) is 2.15. The van der Waals surface area contributed by atoms with Crippen molar-refractivity contribution in [2.24, 2.45) is 5.11 Å². The molecule has 0 aliphatic carbocycles. The van der Waals surface area contributed by atoms with E-state index in [0.29, 0.717) is 6.67 Å². The lowest BCUT2D eigenvalue weighted by atomic mass is 10.3. The third-order valence-corrected chi connectivity index (χ3v) is 2.13. The minimum absolute atomic E-state index is 0.345. The molecule has 0 unspecified atom stereocenters. The maximum atomic E-state index is 8.13. The molecule has 68 valence electrons. The van der Waals surface area contributed by atoms with E-state index in [9.17, 15) is 0 Å². The third kappa shape index (κ3) is 2.97. The molecule has 0 aromatic heterocycles. The van der Waals surface area contributed by atoms with Crippen molar-refractivity contribution in [1.82, 2.24) is 0 Å². The van der Waals surface area contributed by atoms with E-state index in [1.54, 1.807) is 0 Å². The minimum Gasteiger partial charge on any atom is -0.369 e. The molecule has 0 saturated heterocycles. The number of hydrogen-bond acceptors (Lipinski definition) is 2. The standard InChI is InChI=1S/C8H9BrN4/c1-13(6-11-12-10)8-4-2-7(9)3-5-8/h2-5H,6H2,1H3. The fourth-order valence-corrected chi connectivity index (χ4v) is 1.16. The molecule has 0 heterocycles. The molecule has 0 atom stereocenters. The summed E-state index contributed by atoms with van der Waals surface area (Å²) in [6, 6.07) is 7.80. The van der Waals surface area contributed by atoms with Crippen LogP contribution in [0.25, 0.3) is 10.4 Å². The van der Waals surface area contributed by atoms with Crippen molar-refractivity contribution in [3.8, 4) is 0 Å². The second kappa shape index (κ2) is 4.74. The van der Waals surface area contributed by atoms with Gasteiger partial charge in [-0.15, -0.1) is 0 Å². The number of rotatable bonds is 3. The van der Waals surface area contributed by atoms with Crippen LogP contribution in [0.4, 0.5) is 5.69 Å². The molecule has 0 bridgehead atoms. The molecule has 0 amide bonds. The Morgan fingerprint density at radius 3 is 2.62 bits per heavy atom. The predicted molar refractivity (Wildman–Crippen MR) is 56.6 cm³/mol. The maximum absolute atomic E-state index is 8.13. The number of azide groups is 1. The van der Waals surface area contributed by atoms with Gasteiger partial charge in [-0.1, -0.05) is 21.0 Å². The highest BCUT2D eigenvalue weighted by Gasteiger charge is 1.97. The highest BCUT2D eigenvalue weighted by molar-refractivity contribution is 9.10. The van der Waals surface area contributed by atoms with E-state index in [1.807, 2.05) is 36.2 Å². The average molecular weight is 241 g/mol. The van der Waals surface area contributed by atoms with Gasteiger partial charge in [-0.2, -0.15) is 0 Å². The summed E-state index contributed by atoms with van der Waals surface area (Å²) in [6.07, 6.45) is 0. The molecule has 0 aliphatic heterocycles. The monoisotopic (exact) mass is 240 g/mol. The molecule has 0 spiro atoms. The van der Waals surface area contributed by atoms with Gasteiger partial charge in [0.15, 0.2) is 0 Å². The van der Waals surface area contributed by atoms with E-state index in [0.717, 1.165) is 10.2 Å². The predicted octanol–water partition coefficient (Wildman–Crippen LogP) is 3.15. The molecule has 0 saturated carbocycles. The molecule has 13 heavy (non-hydrogen) atoms. The summed E-state index contributed by atoms with van der Waals surface area (Å²) in [6.45, 7) is 0.345. The molecule has 0 fully saturated rings. The number of benzene rings is 1. The van der Waals surface area contributed by atoms with Gasteiger partial charge in [-0.05, 0) is 29.8 Å². The fraction of sp³-hybridized carbons (Fsp3) is 0.250. The quantitative estimate of drug-likeness (QED) is 0.455. The lowest BCUT2D eigenvalue weighted by molar-refractivity contribution is 0.923. The number of anilines is 1. The van der Waals surface area contributed by atoms with Gasteiger partial charge in [0.05, 0.1) is 6.67 Å². The molecule has 1 rings (SSSR count). The topological polar surface area (TPSA) is 52.0 Å². The summed E-state index contributed by atoms with van der Waals surface area (Å²) in [7, 11) is 1.87. The van der Waals surface area contributed by atoms with Crippen LogP contribution in [0.1, 0.15) is 0 Å². The largest absolute Gasteiger partial charge is 0.369 e. The molecule has 0 radical (unpaired) electrons. The molecule has 4 nitrogen and oxygen atoms in total. The Hall–Kier alpha value is -1.19. The molecule has 1 aromatic carbocycles. The van der Waals surface area contributed by atoms with Crippen molar-refractivity contribution in [2.45, 2.75) is 0 Å². The zero-order valence-corrected chi connectivity index (χ0v) is 8.77. The van der Waals surface area contributed by atoms with Crippen LogP contribution >= 0.6 is 15.9 Å². The van der Waals surface area contributed by atoms with E-state index in [1.165, 1.54) is 0 Å². The van der Waals surface area contributed by atoms with E-state index in [4.69, 9.17) is 5.53 Å². The van der Waals surface area contributed by atoms with E-state index in [-0.39, 0.29) is 0 Å². The summed E-state index contributed by atoms with van der Waals surface area (Å²) in [5, 5.41) is 3.47. The Bertz CT molecular complexity index is 315. The SMILES string of the molecule is CN(CN=[N+]=[N-])c1ccc(Br)cc1. The summed E-state index contributed by atoms with van der Waals surface area (Å²) >= 11 is 3.35. The van der Waals surface area contributed by atoms with Crippen LogP contribution in [0.3, 0.4) is 0 Å². The van der Waals surface area contributed by atoms with Crippen molar-refractivity contribution >= 4 is 21.6 Å². The van der Waals surface area contributed by atoms with Crippen LogP contribution < -0.4 is 4.90 Å². The second-order valence-electron chi connectivity index (χ2n) is 2.55. The maximum Gasteiger partial charge on any atom is 0.0964 e. The smallest absolute Gasteiger partial charge is 0.0964 e. The lowest BCUT2D eigenvalue weighted by Gasteiger charge is -2.15. The van der Waals surface area contributed by atoms with Gasteiger partial charge < -0.3 is 4.90 Å². The van der Waals surface area contributed by atoms with Gasteiger partial charge in [0.1, 0.15) is 0 Å². The van der Waals surface area contributed by atoms with Crippen LogP contribution in [-0.4, -0.2) is 13.7 Å². The fourth-order valence-electron chi connectivity index (χ4n) is 0.900. The zero-order valence-electron chi connectivity index (χ0n) is 7.18. The highest BCUT2D eigenvalue weighted by Crippen LogP contribution is 2.16. The Kier molecular flexibility index (Phi) is 3.61. The van der Waals surface area contributed by atoms with Gasteiger partial charge in [0.2, 0.25) is 0 Å². The summed E-state index contributed by atoms with van der Waals surface area (Å²) in [5.41, 5.74) is 9.15. The Morgan fingerprint density at radius 1 is 1.46 bits per heavy atom. The van der Waals surface area contributed by atoms with Crippen LogP contribution in [-0.2, 0) is 0 Å². The number of nitrogens with zero attached hydrogens (tertiary/aromatic N) is 4. The van der Waals surface area contributed by atoms with E-state index >= 15 is 0 Å². The first-order valence-electron chi connectivity index (χ1n) is 3.71. The van der Waals surface area contributed by atoms with Gasteiger partial charge >= 0.3 is 0 Å². The Labute approximate surface area is 84.9 Å². The summed E-state index contributed by atoms with van der Waals surface area (Å²) < 4.78 is 1.04. The van der Waals surface area contributed by atoms with Gasteiger partial charge in [0, 0.05) is 22.1 Å². The van der Waals surface area contributed by atoms with Crippen molar-refractivity contribution in [3.63, 3.8) is 0 Å². The first-order valence-corrected chi connectivity index (χ1v) is 4.51. The van der Waals surface area contributed by atoms with Crippen molar-refractivity contribution in [2.75, 3.05) is 18.6 Å². The minimum atomic E-state index is 0.345. The normalized spacial score (nSPS) is 9.08. The lowest BCUT2D eigenvalue weighted by Crippen LogP contribution is -2.15. The van der Waals surface area contributed by atoms with E-state index in [2.05, 4.69) is 26.0 Å². The van der Waals surface area contributed by atoms with Crippen molar-refractivity contribution < 1.29 is 0 Å². The molecule has 1 aromatic rings. The van der Waals surface area contributed by atoms with E-state index < -0.39 is 0 Å². The molecular weight excluding hydrogens is 232 g/mol. The van der Waals surface area contributed by atoms with Gasteiger partial charge in [-0.25, -0.2) is 0 Å². The van der Waals surface area contributed by atoms with Crippen LogP contribution in [0.5, 0.6) is 0 Å². The van der Waals surface area contributed by atoms with Gasteiger partial charge in [-0.3, -0.25) is 0 Å². The zero-order chi connectivity index (χ0) is 9.68. The first-order chi connectivity index (χ1) is 6.24. The van der Waals surface area contributed by atoms with Crippen LogP contribution in [0.2, 0.25) is 0 Å². The van der Waals surface area contributed by atoms with Crippen LogP contribution in [0.15, 0.2) is 33.9 Å². The van der Waals surface area contributed by atoms with Crippen molar-refractivity contribution in [1.29, 1.82) is 0 Å². The molecule has 0 N–H and O–H groups in total. The second-order valence-corrected chi connectivity index (χ2v) is 3.46. The summed E-state index contributed by atoms with van der Waals surface area (Å²) in [4.78, 5) is 4.56. The third-order valence-electron chi connectivity index (χ3n) is 1.61. The van der Waals surface area contributed by atoms with Crippen molar-refractivity contribution in [3.05, 3.63) is 39.2 Å². The number of halogens is 1. The number of hydrogen-bond donors (Lipinski definition) is 0. The Morgan fingerprint density at radius 2 is 2.08 bits per heavy atom. The van der Waals surface area contributed by atoms with Gasteiger partial charge in [0.25, 0.3) is 0 Å². The molecule has 5 heteroatoms.